The maximum absolute atomic E-state index is 12.8. The summed E-state index contributed by atoms with van der Waals surface area (Å²) < 4.78 is 39.1. The van der Waals surface area contributed by atoms with Crippen LogP contribution in [0.25, 0.3) is 0 Å². The average molecular weight is 364 g/mol. The molecule has 134 valence electrons. The van der Waals surface area contributed by atoms with Crippen LogP contribution < -0.4 is 10.0 Å². The van der Waals surface area contributed by atoms with Gasteiger partial charge in [0.2, 0.25) is 15.9 Å². The molecule has 0 spiro atoms. The molecule has 2 aromatic rings. The lowest BCUT2D eigenvalue weighted by atomic mass is 10.1. The zero-order valence-electron chi connectivity index (χ0n) is 13.7. The molecule has 0 bridgehead atoms. The second kappa shape index (κ2) is 9.29. The number of aryl methyl sites for hydroxylation is 1. The summed E-state index contributed by atoms with van der Waals surface area (Å²) in [6, 6.07) is 14.5. The molecule has 5 nitrogen and oxygen atoms in total. The van der Waals surface area contributed by atoms with Gasteiger partial charge in [-0.05, 0) is 42.7 Å². The molecule has 0 saturated heterocycles. The normalized spacial score (nSPS) is 11.2. The zero-order valence-corrected chi connectivity index (χ0v) is 14.6. The molecule has 1 amide bonds. The number of nitrogens with one attached hydrogen (secondary N) is 2. The first-order valence-electron chi connectivity index (χ1n) is 8.03. The molecule has 0 unspecified atom stereocenters. The van der Waals surface area contributed by atoms with Gasteiger partial charge in [0, 0.05) is 19.5 Å². The first kappa shape index (κ1) is 19.1. The van der Waals surface area contributed by atoms with Crippen molar-refractivity contribution in [1.82, 2.24) is 10.0 Å². The number of sulfonamides is 1. The first-order chi connectivity index (χ1) is 12.0. The van der Waals surface area contributed by atoms with Gasteiger partial charge >= 0.3 is 0 Å². The predicted molar refractivity (Wildman–Crippen MR) is 94.0 cm³/mol. The largest absolute Gasteiger partial charge is 0.356 e. The smallest absolute Gasteiger partial charge is 0.240 e. The van der Waals surface area contributed by atoms with Crippen LogP contribution >= 0.6 is 0 Å². The molecular formula is C18H21FN2O3S. The molecule has 0 aliphatic carbocycles. The molecule has 2 rings (SSSR count). The van der Waals surface area contributed by atoms with Crippen molar-refractivity contribution in [3.05, 3.63) is 66.0 Å². The van der Waals surface area contributed by atoms with Gasteiger partial charge in [0.05, 0.1) is 4.90 Å². The summed E-state index contributed by atoms with van der Waals surface area (Å²) in [5, 5.41) is 2.76. The van der Waals surface area contributed by atoms with Crippen molar-refractivity contribution in [1.29, 1.82) is 0 Å². The van der Waals surface area contributed by atoms with Gasteiger partial charge in [0.15, 0.2) is 0 Å². The van der Waals surface area contributed by atoms with Crippen molar-refractivity contribution in [3.63, 3.8) is 0 Å². The Morgan fingerprint density at radius 2 is 1.64 bits per heavy atom. The van der Waals surface area contributed by atoms with E-state index in [4.69, 9.17) is 0 Å². The molecule has 0 aliphatic rings. The van der Waals surface area contributed by atoms with E-state index in [2.05, 4.69) is 10.0 Å². The maximum atomic E-state index is 12.8. The van der Waals surface area contributed by atoms with E-state index in [-0.39, 0.29) is 23.8 Å². The van der Waals surface area contributed by atoms with Gasteiger partial charge in [-0.2, -0.15) is 0 Å². The second-order valence-electron chi connectivity index (χ2n) is 5.54. The van der Waals surface area contributed by atoms with Crippen molar-refractivity contribution in [2.75, 3.05) is 13.1 Å². The van der Waals surface area contributed by atoms with Gasteiger partial charge in [-0.3, -0.25) is 4.79 Å². The number of amides is 1. The minimum Gasteiger partial charge on any atom is -0.356 e. The Morgan fingerprint density at radius 1 is 0.960 bits per heavy atom. The first-order valence-corrected chi connectivity index (χ1v) is 9.51. The van der Waals surface area contributed by atoms with Gasteiger partial charge in [-0.25, -0.2) is 17.5 Å². The highest BCUT2D eigenvalue weighted by Gasteiger charge is 2.13. The standard InChI is InChI=1S/C18H21FN2O3S/c19-16-8-10-17(11-9-16)25(23,24)21-14-12-18(22)20-13-4-7-15-5-2-1-3-6-15/h1-3,5-6,8-11,21H,4,7,12-14H2,(H,20,22). The van der Waals surface area contributed by atoms with E-state index >= 15 is 0 Å². The van der Waals surface area contributed by atoms with E-state index < -0.39 is 15.8 Å². The number of hydrogen-bond donors (Lipinski definition) is 2. The molecule has 2 N–H and O–H groups in total. The number of hydrogen-bond acceptors (Lipinski definition) is 3. The van der Waals surface area contributed by atoms with E-state index in [1.54, 1.807) is 0 Å². The number of carbonyl (C=O) groups excluding carboxylic acids is 1. The van der Waals surface area contributed by atoms with Crippen LogP contribution in [0.15, 0.2) is 59.5 Å². The minimum atomic E-state index is -3.73. The lowest BCUT2D eigenvalue weighted by Gasteiger charge is -2.08. The number of halogens is 1. The fraction of sp³-hybridized carbons (Fsp3) is 0.278. The summed E-state index contributed by atoms with van der Waals surface area (Å²) in [5.74, 6) is -0.719. The minimum absolute atomic E-state index is 0.00969. The van der Waals surface area contributed by atoms with Crippen LogP contribution in [-0.4, -0.2) is 27.4 Å². The average Bonchev–Trinajstić information content (AvgIpc) is 2.60. The van der Waals surface area contributed by atoms with Crippen molar-refractivity contribution in [3.8, 4) is 0 Å². The summed E-state index contributed by atoms with van der Waals surface area (Å²) in [7, 11) is -3.73. The lowest BCUT2D eigenvalue weighted by molar-refractivity contribution is -0.120. The van der Waals surface area contributed by atoms with Crippen LogP contribution in [0.3, 0.4) is 0 Å². The van der Waals surface area contributed by atoms with Gasteiger partial charge in [-0.1, -0.05) is 30.3 Å². The molecule has 0 atom stereocenters. The molecule has 25 heavy (non-hydrogen) atoms. The van der Waals surface area contributed by atoms with Crippen LogP contribution in [0.4, 0.5) is 4.39 Å². The fourth-order valence-electron chi connectivity index (χ4n) is 2.25. The molecule has 0 aromatic heterocycles. The molecule has 0 radical (unpaired) electrons. The molecular weight excluding hydrogens is 343 g/mol. The Kier molecular flexibility index (Phi) is 7.09. The highest BCUT2D eigenvalue weighted by Crippen LogP contribution is 2.09. The summed E-state index contributed by atoms with van der Waals surface area (Å²) in [6.45, 7) is 0.530. The zero-order chi connectivity index (χ0) is 18.1. The summed E-state index contributed by atoms with van der Waals surface area (Å²) in [6.07, 6.45) is 1.74. The highest BCUT2D eigenvalue weighted by atomic mass is 32.2. The van der Waals surface area contributed by atoms with Crippen LogP contribution in [-0.2, 0) is 21.2 Å². The molecule has 0 saturated carbocycles. The maximum Gasteiger partial charge on any atom is 0.240 e. The summed E-state index contributed by atoms with van der Waals surface area (Å²) in [5.41, 5.74) is 1.21. The Bertz CT molecular complexity index is 778. The van der Waals surface area contributed by atoms with Crippen LogP contribution in [0, 0.1) is 5.82 Å². The van der Waals surface area contributed by atoms with Crippen molar-refractivity contribution in [2.24, 2.45) is 0 Å². The van der Waals surface area contributed by atoms with E-state index in [1.165, 1.54) is 17.7 Å². The Hall–Kier alpha value is -2.25. The lowest BCUT2D eigenvalue weighted by Crippen LogP contribution is -2.31. The highest BCUT2D eigenvalue weighted by molar-refractivity contribution is 7.89. The molecule has 0 fully saturated rings. The van der Waals surface area contributed by atoms with Gasteiger partial charge in [-0.15, -0.1) is 0 Å². The van der Waals surface area contributed by atoms with E-state index in [0.717, 1.165) is 25.0 Å². The third kappa shape index (κ3) is 6.64. The summed E-state index contributed by atoms with van der Waals surface area (Å²) >= 11 is 0. The molecule has 7 heteroatoms. The van der Waals surface area contributed by atoms with Gasteiger partial charge in [0.25, 0.3) is 0 Å². The Morgan fingerprint density at radius 3 is 2.32 bits per heavy atom. The third-order valence-electron chi connectivity index (χ3n) is 3.58. The molecule has 2 aromatic carbocycles. The SMILES string of the molecule is O=C(CCNS(=O)(=O)c1ccc(F)cc1)NCCCc1ccccc1. The molecule has 0 heterocycles. The predicted octanol–water partition coefficient (Wildman–Crippen LogP) is 2.24. The van der Waals surface area contributed by atoms with E-state index in [9.17, 15) is 17.6 Å². The number of rotatable bonds is 9. The monoisotopic (exact) mass is 364 g/mol. The van der Waals surface area contributed by atoms with Gasteiger partial charge in [0.1, 0.15) is 5.82 Å². The molecule has 0 aliphatic heterocycles. The topological polar surface area (TPSA) is 75.3 Å². The number of benzene rings is 2. The third-order valence-corrected chi connectivity index (χ3v) is 5.05. The van der Waals surface area contributed by atoms with Crippen LogP contribution in [0.2, 0.25) is 0 Å². The van der Waals surface area contributed by atoms with Crippen molar-refractivity contribution >= 4 is 15.9 Å². The van der Waals surface area contributed by atoms with Crippen molar-refractivity contribution < 1.29 is 17.6 Å². The van der Waals surface area contributed by atoms with E-state index in [1.807, 2.05) is 30.3 Å². The Balaban J connectivity index is 1.65. The quantitative estimate of drug-likeness (QED) is 0.670. The fourth-order valence-corrected chi connectivity index (χ4v) is 3.28. The van der Waals surface area contributed by atoms with Crippen molar-refractivity contribution in [2.45, 2.75) is 24.2 Å². The summed E-state index contributed by atoms with van der Waals surface area (Å²) in [4.78, 5) is 11.7. The second-order valence-corrected chi connectivity index (χ2v) is 7.31. The van der Waals surface area contributed by atoms with E-state index in [0.29, 0.717) is 6.54 Å². The van der Waals surface area contributed by atoms with Crippen LogP contribution in [0.5, 0.6) is 0 Å². The Labute approximate surface area is 147 Å². The van der Waals surface area contributed by atoms with Gasteiger partial charge < -0.3 is 5.32 Å². The van der Waals surface area contributed by atoms with Crippen LogP contribution in [0.1, 0.15) is 18.4 Å². The number of carbonyl (C=O) groups is 1.